The maximum Gasteiger partial charge on any atom is 0.298 e. The van der Waals surface area contributed by atoms with E-state index in [1.54, 1.807) is 0 Å². The number of oxazole rings is 1. The summed E-state index contributed by atoms with van der Waals surface area (Å²) in [6, 6.07) is 8.71. The lowest BCUT2D eigenvalue weighted by Gasteiger charge is -2.33. The molecule has 1 aliphatic heterocycles. The van der Waals surface area contributed by atoms with Gasteiger partial charge in [0.05, 0.1) is 0 Å². The van der Waals surface area contributed by atoms with Crippen LogP contribution in [0.1, 0.15) is 13.3 Å². The van der Waals surface area contributed by atoms with Crippen LogP contribution in [0.5, 0.6) is 0 Å². The van der Waals surface area contributed by atoms with Crippen LogP contribution in [-0.4, -0.2) is 42.6 Å². The summed E-state index contributed by atoms with van der Waals surface area (Å²) in [5, 5.41) is 0. The van der Waals surface area contributed by atoms with Gasteiger partial charge in [0.2, 0.25) is 0 Å². The molecule has 1 aromatic heterocycles. The van der Waals surface area contributed by atoms with Gasteiger partial charge in [-0.3, -0.25) is 4.90 Å². The standard InChI is InChI=1S/C14H19N3O.2BrH/c1-2-7-16-8-10-17(11-9-16)14-15-12-5-3-4-6-13(12)18-14;;/h3-6H,2,7-11H2,1H3;2*1H. The second-order valence-electron chi connectivity index (χ2n) is 4.79. The zero-order valence-electron chi connectivity index (χ0n) is 11.6. The Morgan fingerprint density at radius 3 is 2.45 bits per heavy atom. The molecule has 0 unspecified atom stereocenters. The summed E-state index contributed by atoms with van der Waals surface area (Å²) in [5.74, 6) is 0. The normalized spacial score (nSPS) is 15.8. The first-order chi connectivity index (χ1) is 8.86. The van der Waals surface area contributed by atoms with Gasteiger partial charge in [-0.05, 0) is 25.1 Å². The minimum atomic E-state index is 0. The van der Waals surface area contributed by atoms with Gasteiger partial charge in [0.1, 0.15) is 5.52 Å². The van der Waals surface area contributed by atoms with Crippen molar-refractivity contribution in [3.8, 4) is 0 Å². The zero-order chi connectivity index (χ0) is 12.4. The molecule has 112 valence electrons. The predicted octanol–water partition coefficient (Wildman–Crippen LogP) is 3.52. The molecule has 2 heterocycles. The summed E-state index contributed by atoms with van der Waals surface area (Å²) < 4.78 is 5.80. The maximum atomic E-state index is 5.80. The highest BCUT2D eigenvalue weighted by Crippen LogP contribution is 2.22. The van der Waals surface area contributed by atoms with Crippen molar-refractivity contribution in [2.24, 2.45) is 0 Å². The third-order valence-corrected chi connectivity index (χ3v) is 3.47. The summed E-state index contributed by atoms with van der Waals surface area (Å²) in [6.45, 7) is 7.65. The summed E-state index contributed by atoms with van der Waals surface area (Å²) >= 11 is 0. The number of para-hydroxylation sites is 2. The fourth-order valence-electron chi connectivity index (χ4n) is 2.47. The number of rotatable bonds is 3. The van der Waals surface area contributed by atoms with Gasteiger partial charge < -0.3 is 9.32 Å². The number of piperazine rings is 1. The van der Waals surface area contributed by atoms with Crippen molar-refractivity contribution in [2.75, 3.05) is 37.6 Å². The molecule has 1 saturated heterocycles. The van der Waals surface area contributed by atoms with E-state index < -0.39 is 0 Å². The van der Waals surface area contributed by atoms with Crippen LogP contribution in [0, 0.1) is 0 Å². The number of benzene rings is 1. The van der Waals surface area contributed by atoms with Crippen LogP contribution in [0.15, 0.2) is 28.7 Å². The smallest absolute Gasteiger partial charge is 0.298 e. The Morgan fingerprint density at radius 2 is 1.80 bits per heavy atom. The number of aromatic nitrogens is 1. The molecule has 6 heteroatoms. The van der Waals surface area contributed by atoms with Gasteiger partial charge in [0.15, 0.2) is 5.58 Å². The molecule has 1 aromatic carbocycles. The number of halogens is 2. The van der Waals surface area contributed by atoms with Crippen molar-refractivity contribution < 1.29 is 4.42 Å². The Labute approximate surface area is 140 Å². The first-order valence-electron chi connectivity index (χ1n) is 6.69. The molecule has 20 heavy (non-hydrogen) atoms. The highest BCUT2D eigenvalue weighted by Gasteiger charge is 2.20. The summed E-state index contributed by atoms with van der Waals surface area (Å²) in [5.41, 5.74) is 1.83. The Kier molecular flexibility index (Phi) is 6.99. The summed E-state index contributed by atoms with van der Waals surface area (Å²) in [6.07, 6.45) is 1.23. The number of nitrogens with zero attached hydrogens (tertiary/aromatic N) is 3. The number of fused-ring (bicyclic) bond motifs is 1. The van der Waals surface area contributed by atoms with E-state index in [0.717, 1.165) is 43.3 Å². The molecule has 0 N–H and O–H groups in total. The first kappa shape index (κ1) is 17.5. The molecule has 1 aliphatic rings. The van der Waals surface area contributed by atoms with E-state index in [0.29, 0.717) is 0 Å². The van der Waals surface area contributed by atoms with E-state index in [2.05, 4.69) is 21.7 Å². The Balaban J connectivity index is 0.000001000. The van der Waals surface area contributed by atoms with Crippen molar-refractivity contribution in [1.29, 1.82) is 0 Å². The molecule has 0 spiro atoms. The lowest BCUT2D eigenvalue weighted by molar-refractivity contribution is 0.254. The van der Waals surface area contributed by atoms with Crippen LogP contribution in [-0.2, 0) is 0 Å². The van der Waals surface area contributed by atoms with Crippen molar-refractivity contribution in [1.82, 2.24) is 9.88 Å². The Hall–Kier alpha value is -0.590. The van der Waals surface area contributed by atoms with Gasteiger partial charge in [-0.25, -0.2) is 0 Å². The molecule has 0 saturated carbocycles. The largest absolute Gasteiger partial charge is 0.423 e. The molecule has 0 bridgehead atoms. The SMILES string of the molecule is Br.Br.CCCN1CCN(c2nc3ccccc3o2)CC1. The lowest BCUT2D eigenvalue weighted by Crippen LogP contribution is -2.46. The van der Waals surface area contributed by atoms with Crippen molar-refractivity contribution in [3.63, 3.8) is 0 Å². The van der Waals surface area contributed by atoms with Gasteiger partial charge in [0.25, 0.3) is 6.01 Å². The highest BCUT2D eigenvalue weighted by molar-refractivity contribution is 8.93. The monoisotopic (exact) mass is 405 g/mol. The van der Waals surface area contributed by atoms with E-state index in [-0.39, 0.29) is 34.0 Å². The molecule has 2 aromatic rings. The predicted molar refractivity (Wildman–Crippen MR) is 93.6 cm³/mol. The molecule has 1 fully saturated rings. The van der Waals surface area contributed by atoms with E-state index in [4.69, 9.17) is 4.42 Å². The van der Waals surface area contributed by atoms with Crippen molar-refractivity contribution in [3.05, 3.63) is 24.3 Å². The van der Waals surface area contributed by atoms with Gasteiger partial charge in [-0.15, -0.1) is 34.0 Å². The second-order valence-corrected chi connectivity index (χ2v) is 4.79. The van der Waals surface area contributed by atoms with Gasteiger partial charge in [-0.2, -0.15) is 4.98 Å². The summed E-state index contributed by atoms with van der Waals surface area (Å²) in [7, 11) is 0. The van der Waals surface area contributed by atoms with Crippen molar-refractivity contribution >= 4 is 51.1 Å². The molecule has 0 aliphatic carbocycles. The van der Waals surface area contributed by atoms with E-state index >= 15 is 0 Å². The van der Waals surface area contributed by atoms with Crippen LogP contribution in [0.4, 0.5) is 6.01 Å². The lowest BCUT2D eigenvalue weighted by atomic mass is 10.3. The van der Waals surface area contributed by atoms with E-state index in [9.17, 15) is 0 Å². The minimum absolute atomic E-state index is 0. The fourth-order valence-corrected chi connectivity index (χ4v) is 2.47. The van der Waals surface area contributed by atoms with E-state index in [1.807, 2.05) is 24.3 Å². The number of hydrogen-bond donors (Lipinski definition) is 0. The van der Waals surface area contributed by atoms with Crippen LogP contribution < -0.4 is 4.90 Å². The molecule has 3 rings (SSSR count). The third-order valence-electron chi connectivity index (χ3n) is 3.47. The topological polar surface area (TPSA) is 32.5 Å². The molecule has 4 nitrogen and oxygen atoms in total. The zero-order valence-corrected chi connectivity index (χ0v) is 15.0. The molecular weight excluding hydrogens is 386 g/mol. The van der Waals surface area contributed by atoms with Gasteiger partial charge in [-0.1, -0.05) is 19.1 Å². The van der Waals surface area contributed by atoms with Crippen LogP contribution in [0.3, 0.4) is 0 Å². The Morgan fingerprint density at radius 1 is 1.10 bits per heavy atom. The first-order valence-corrected chi connectivity index (χ1v) is 6.69. The average molecular weight is 407 g/mol. The highest BCUT2D eigenvalue weighted by atomic mass is 79.9. The number of anilines is 1. The minimum Gasteiger partial charge on any atom is -0.423 e. The second kappa shape index (κ2) is 8.00. The van der Waals surface area contributed by atoms with Gasteiger partial charge >= 0.3 is 0 Å². The van der Waals surface area contributed by atoms with Crippen LogP contribution in [0.2, 0.25) is 0 Å². The number of hydrogen-bond acceptors (Lipinski definition) is 4. The van der Waals surface area contributed by atoms with Crippen LogP contribution in [0.25, 0.3) is 11.1 Å². The third kappa shape index (κ3) is 3.74. The summed E-state index contributed by atoms with van der Waals surface area (Å²) in [4.78, 5) is 9.29. The maximum absolute atomic E-state index is 5.80. The molecular formula is C14H21Br2N3O. The Bertz CT molecular complexity index is 491. The molecule has 0 radical (unpaired) electrons. The van der Waals surface area contributed by atoms with Gasteiger partial charge in [0, 0.05) is 26.2 Å². The van der Waals surface area contributed by atoms with Crippen molar-refractivity contribution in [2.45, 2.75) is 13.3 Å². The molecule has 0 amide bonds. The quantitative estimate of drug-likeness (QED) is 0.780. The molecule has 0 atom stereocenters. The van der Waals surface area contributed by atoms with Crippen LogP contribution >= 0.6 is 34.0 Å². The fraction of sp³-hybridized carbons (Fsp3) is 0.500. The average Bonchev–Trinajstić information content (AvgIpc) is 2.84. The van der Waals surface area contributed by atoms with E-state index in [1.165, 1.54) is 13.0 Å².